The van der Waals surface area contributed by atoms with E-state index in [-0.39, 0.29) is 5.91 Å². The molecule has 2 N–H and O–H groups in total. The number of nitrogens with zero attached hydrogens (tertiary/aromatic N) is 1. The van der Waals surface area contributed by atoms with Crippen molar-refractivity contribution in [3.8, 4) is 0 Å². The zero-order chi connectivity index (χ0) is 15.2. The van der Waals surface area contributed by atoms with E-state index >= 15 is 0 Å². The van der Waals surface area contributed by atoms with E-state index in [1.54, 1.807) is 7.11 Å². The number of methoxy groups -OCH3 is 1. The topological polar surface area (TPSA) is 55.6 Å². The van der Waals surface area contributed by atoms with Crippen LogP contribution in [0.5, 0.6) is 0 Å². The Labute approximate surface area is 128 Å². The van der Waals surface area contributed by atoms with E-state index in [1.807, 2.05) is 4.90 Å². The van der Waals surface area contributed by atoms with Crippen LogP contribution in [0.25, 0.3) is 0 Å². The molecule has 1 amide bonds. The Morgan fingerprint density at radius 2 is 1.90 bits per heavy atom. The van der Waals surface area contributed by atoms with Gasteiger partial charge < -0.3 is 15.4 Å². The van der Waals surface area contributed by atoms with Gasteiger partial charge in [0.05, 0.1) is 17.0 Å². The monoisotopic (exact) mass is 300 g/mol. The van der Waals surface area contributed by atoms with Crippen molar-refractivity contribution in [3.63, 3.8) is 0 Å². The number of hydrogen-bond acceptors (Lipinski definition) is 3. The van der Waals surface area contributed by atoms with Crippen LogP contribution in [-0.2, 0) is 9.53 Å². The van der Waals surface area contributed by atoms with Gasteiger partial charge >= 0.3 is 0 Å². The fraction of sp³-hybridized carbons (Fsp3) is 0.867. The van der Waals surface area contributed by atoms with Gasteiger partial charge in [-0.1, -0.05) is 38.9 Å². The fourth-order valence-corrected chi connectivity index (χ4v) is 3.14. The van der Waals surface area contributed by atoms with Crippen LogP contribution in [0.2, 0.25) is 0 Å². The van der Waals surface area contributed by atoms with E-state index in [1.165, 1.54) is 0 Å². The summed E-state index contributed by atoms with van der Waals surface area (Å²) in [6, 6.07) is 0.361. The third kappa shape index (κ3) is 3.92. The molecule has 20 heavy (non-hydrogen) atoms. The second kappa shape index (κ2) is 7.93. The molecular formula is C15H28N2O2S. The molecule has 1 rings (SSSR count). The zero-order valence-corrected chi connectivity index (χ0v) is 13.8. The van der Waals surface area contributed by atoms with E-state index in [9.17, 15) is 4.79 Å². The number of nitrogens with two attached hydrogens (primary N) is 1. The Balaban J connectivity index is 2.96. The lowest BCUT2D eigenvalue weighted by molar-refractivity contribution is -0.140. The molecule has 1 aliphatic rings. The van der Waals surface area contributed by atoms with Crippen LogP contribution in [0, 0.1) is 5.41 Å². The molecule has 0 radical (unpaired) electrons. The molecule has 0 aromatic rings. The van der Waals surface area contributed by atoms with Crippen LogP contribution in [0.3, 0.4) is 0 Å². The summed E-state index contributed by atoms with van der Waals surface area (Å²) in [5.74, 6) is 0.119. The standard InChI is InChI=1S/C15H28N2O2S/c1-4-8-15(9-5-2,13(16)20)14(18)17(10-11-19-3)12-6-7-12/h12H,4-11H2,1-3H3,(H2,16,20). The molecular weight excluding hydrogens is 272 g/mol. The molecule has 1 aliphatic carbocycles. The van der Waals surface area contributed by atoms with Crippen LogP contribution in [0.15, 0.2) is 0 Å². The van der Waals surface area contributed by atoms with Gasteiger partial charge in [-0.2, -0.15) is 0 Å². The maximum atomic E-state index is 13.1. The van der Waals surface area contributed by atoms with Gasteiger partial charge in [-0.15, -0.1) is 0 Å². The first-order valence-electron chi connectivity index (χ1n) is 7.63. The Kier molecular flexibility index (Phi) is 6.89. The number of ether oxygens (including phenoxy) is 1. The first-order chi connectivity index (χ1) is 9.53. The van der Waals surface area contributed by atoms with E-state index in [0.717, 1.165) is 38.5 Å². The van der Waals surface area contributed by atoms with Crippen LogP contribution >= 0.6 is 12.2 Å². The molecule has 0 aromatic heterocycles. The second-order valence-electron chi connectivity index (χ2n) is 5.67. The second-order valence-corrected chi connectivity index (χ2v) is 6.11. The Morgan fingerprint density at radius 3 is 2.25 bits per heavy atom. The molecule has 1 saturated carbocycles. The number of carbonyl (C=O) groups is 1. The number of carbonyl (C=O) groups excluding carboxylic acids is 1. The number of thiocarbonyl (C=S) groups is 1. The van der Waals surface area contributed by atoms with Crippen molar-refractivity contribution in [1.29, 1.82) is 0 Å². The first-order valence-corrected chi connectivity index (χ1v) is 8.04. The largest absolute Gasteiger partial charge is 0.392 e. The molecule has 0 heterocycles. The summed E-state index contributed by atoms with van der Waals surface area (Å²) in [5.41, 5.74) is 5.33. The molecule has 0 bridgehead atoms. The van der Waals surface area contributed by atoms with Crippen molar-refractivity contribution in [3.05, 3.63) is 0 Å². The summed E-state index contributed by atoms with van der Waals surface area (Å²) < 4.78 is 5.14. The first kappa shape index (κ1) is 17.4. The van der Waals surface area contributed by atoms with Crippen molar-refractivity contribution >= 4 is 23.1 Å². The third-order valence-corrected chi connectivity index (χ3v) is 4.41. The van der Waals surface area contributed by atoms with E-state index in [4.69, 9.17) is 22.7 Å². The number of amides is 1. The zero-order valence-electron chi connectivity index (χ0n) is 13.0. The van der Waals surface area contributed by atoms with Gasteiger partial charge in [0.15, 0.2) is 0 Å². The summed E-state index contributed by atoms with van der Waals surface area (Å²) in [5, 5.41) is 0. The highest BCUT2D eigenvalue weighted by Gasteiger charge is 2.45. The van der Waals surface area contributed by atoms with Gasteiger partial charge in [-0.25, -0.2) is 0 Å². The van der Waals surface area contributed by atoms with E-state index in [0.29, 0.717) is 24.2 Å². The third-order valence-electron chi connectivity index (χ3n) is 4.02. The highest BCUT2D eigenvalue weighted by Crippen LogP contribution is 2.37. The molecule has 5 heteroatoms. The molecule has 0 aliphatic heterocycles. The quantitative estimate of drug-likeness (QED) is 0.630. The predicted octanol–water partition coefficient (Wildman–Crippen LogP) is 2.50. The Morgan fingerprint density at radius 1 is 1.35 bits per heavy atom. The molecule has 0 aromatic carbocycles. The van der Waals surface area contributed by atoms with Gasteiger partial charge in [0.1, 0.15) is 0 Å². The number of rotatable bonds is 10. The van der Waals surface area contributed by atoms with Crippen molar-refractivity contribution in [2.45, 2.75) is 58.4 Å². The summed E-state index contributed by atoms with van der Waals surface area (Å²) in [7, 11) is 1.66. The normalized spacial score (nSPS) is 15.2. The molecule has 0 spiro atoms. The average molecular weight is 300 g/mol. The maximum Gasteiger partial charge on any atom is 0.235 e. The van der Waals surface area contributed by atoms with Crippen molar-refractivity contribution in [1.82, 2.24) is 4.90 Å². The Hall–Kier alpha value is -0.680. The predicted molar refractivity (Wildman–Crippen MR) is 85.6 cm³/mol. The summed E-state index contributed by atoms with van der Waals surface area (Å²) in [6.45, 7) is 5.35. The minimum Gasteiger partial charge on any atom is -0.392 e. The van der Waals surface area contributed by atoms with Crippen LogP contribution in [0.1, 0.15) is 52.4 Å². The minimum absolute atomic E-state index is 0.119. The van der Waals surface area contributed by atoms with Gasteiger partial charge in [0.2, 0.25) is 5.91 Å². The van der Waals surface area contributed by atoms with E-state index < -0.39 is 5.41 Å². The fourth-order valence-electron chi connectivity index (χ4n) is 2.84. The van der Waals surface area contributed by atoms with Gasteiger partial charge in [-0.05, 0) is 25.7 Å². The van der Waals surface area contributed by atoms with Crippen LogP contribution in [0.4, 0.5) is 0 Å². The lowest BCUT2D eigenvalue weighted by atomic mass is 9.77. The summed E-state index contributed by atoms with van der Waals surface area (Å²) >= 11 is 5.27. The van der Waals surface area contributed by atoms with Crippen molar-refractivity contribution in [2.24, 2.45) is 11.1 Å². The highest BCUT2D eigenvalue weighted by molar-refractivity contribution is 7.80. The summed E-state index contributed by atoms with van der Waals surface area (Å²) in [4.78, 5) is 15.4. The Bertz CT molecular complexity index is 337. The van der Waals surface area contributed by atoms with Gasteiger partial charge in [0, 0.05) is 19.7 Å². The molecule has 116 valence electrons. The van der Waals surface area contributed by atoms with Crippen molar-refractivity contribution < 1.29 is 9.53 Å². The summed E-state index contributed by atoms with van der Waals surface area (Å²) in [6.07, 6.45) is 5.47. The SMILES string of the molecule is CCCC(CCC)(C(=O)N(CCOC)C1CC1)C(N)=S. The molecule has 1 fully saturated rings. The van der Waals surface area contributed by atoms with Crippen LogP contribution in [-0.4, -0.2) is 42.1 Å². The molecule has 0 saturated heterocycles. The maximum absolute atomic E-state index is 13.1. The molecule has 0 atom stereocenters. The molecule has 0 unspecified atom stereocenters. The minimum atomic E-state index is -0.658. The molecule has 4 nitrogen and oxygen atoms in total. The number of hydrogen-bond donors (Lipinski definition) is 1. The van der Waals surface area contributed by atoms with Crippen molar-refractivity contribution in [2.75, 3.05) is 20.3 Å². The van der Waals surface area contributed by atoms with Gasteiger partial charge in [0.25, 0.3) is 0 Å². The van der Waals surface area contributed by atoms with E-state index in [2.05, 4.69) is 13.8 Å². The highest BCUT2D eigenvalue weighted by atomic mass is 32.1. The van der Waals surface area contributed by atoms with Crippen LogP contribution < -0.4 is 5.73 Å². The smallest absolute Gasteiger partial charge is 0.235 e. The van der Waals surface area contributed by atoms with Gasteiger partial charge in [-0.3, -0.25) is 4.79 Å². The lowest BCUT2D eigenvalue weighted by Gasteiger charge is -2.36. The lowest BCUT2D eigenvalue weighted by Crippen LogP contribution is -2.52. The average Bonchev–Trinajstić information content (AvgIpc) is 3.22.